The minimum Gasteiger partial charge on any atom is -0.368 e. The summed E-state index contributed by atoms with van der Waals surface area (Å²) in [6.07, 6.45) is 3.30. The third-order valence-corrected chi connectivity index (χ3v) is 3.06. The van der Waals surface area contributed by atoms with E-state index in [1.807, 2.05) is 42.5 Å². The van der Waals surface area contributed by atoms with Gasteiger partial charge in [0.1, 0.15) is 12.1 Å². The van der Waals surface area contributed by atoms with Crippen LogP contribution < -0.4 is 5.32 Å². The molecule has 0 radical (unpaired) electrons. The maximum Gasteiger partial charge on any atom is 0.163 e. The highest BCUT2D eigenvalue weighted by Gasteiger charge is 2.07. The summed E-state index contributed by atoms with van der Waals surface area (Å²) >= 11 is 0. The summed E-state index contributed by atoms with van der Waals surface area (Å²) in [7, 11) is 0. The predicted octanol–water partition coefficient (Wildman–Crippen LogP) is 3.42. The zero-order valence-electron chi connectivity index (χ0n) is 12.6. The second kappa shape index (κ2) is 6.30. The monoisotopic (exact) mass is 291 g/mol. The second-order valence-corrected chi connectivity index (χ2v) is 5.23. The molecular weight excluding hydrogens is 274 g/mol. The van der Waals surface area contributed by atoms with Gasteiger partial charge in [-0.2, -0.15) is 0 Å². The average molecular weight is 291 g/mol. The number of hydrogen-bond acceptors (Lipinski definition) is 5. The van der Waals surface area contributed by atoms with E-state index >= 15 is 0 Å². The highest BCUT2D eigenvalue weighted by Crippen LogP contribution is 2.20. The molecule has 3 rings (SSSR count). The van der Waals surface area contributed by atoms with Gasteiger partial charge in [-0.25, -0.2) is 19.9 Å². The van der Waals surface area contributed by atoms with E-state index in [4.69, 9.17) is 0 Å². The SMILES string of the molecule is CC(C)Nc1cc(-c2ncnc(-c3ccccc3)n2)ccn1. The van der Waals surface area contributed by atoms with E-state index in [0.717, 1.165) is 16.9 Å². The molecule has 0 aliphatic rings. The van der Waals surface area contributed by atoms with E-state index in [-0.39, 0.29) is 0 Å². The second-order valence-electron chi connectivity index (χ2n) is 5.23. The summed E-state index contributed by atoms with van der Waals surface area (Å²) in [5, 5.41) is 3.28. The Balaban J connectivity index is 1.96. The number of nitrogens with one attached hydrogen (secondary N) is 1. The maximum absolute atomic E-state index is 4.56. The van der Waals surface area contributed by atoms with E-state index in [9.17, 15) is 0 Å². The van der Waals surface area contributed by atoms with Crippen molar-refractivity contribution in [2.24, 2.45) is 0 Å². The van der Waals surface area contributed by atoms with Gasteiger partial charge in [0.25, 0.3) is 0 Å². The fraction of sp³-hybridized carbons (Fsp3) is 0.176. The summed E-state index contributed by atoms with van der Waals surface area (Å²) in [6, 6.07) is 14.0. The van der Waals surface area contributed by atoms with Crippen LogP contribution in [0.4, 0.5) is 5.82 Å². The molecule has 0 saturated heterocycles. The molecule has 0 spiro atoms. The first-order chi connectivity index (χ1) is 10.7. The van der Waals surface area contributed by atoms with Crippen LogP contribution in [0.1, 0.15) is 13.8 Å². The molecule has 0 amide bonds. The predicted molar refractivity (Wildman–Crippen MR) is 87.3 cm³/mol. The first-order valence-corrected chi connectivity index (χ1v) is 7.20. The van der Waals surface area contributed by atoms with E-state index in [2.05, 4.69) is 39.1 Å². The van der Waals surface area contributed by atoms with Crippen LogP contribution in [-0.2, 0) is 0 Å². The summed E-state index contributed by atoms with van der Waals surface area (Å²) in [6.45, 7) is 4.15. The van der Waals surface area contributed by atoms with Crippen molar-refractivity contribution in [1.82, 2.24) is 19.9 Å². The maximum atomic E-state index is 4.56. The molecule has 3 aromatic rings. The molecule has 0 aliphatic carbocycles. The minimum absolute atomic E-state index is 0.320. The van der Waals surface area contributed by atoms with Crippen molar-refractivity contribution < 1.29 is 0 Å². The number of nitrogens with zero attached hydrogens (tertiary/aromatic N) is 4. The van der Waals surface area contributed by atoms with Crippen LogP contribution in [0.25, 0.3) is 22.8 Å². The average Bonchev–Trinajstić information content (AvgIpc) is 2.55. The fourth-order valence-electron chi connectivity index (χ4n) is 2.11. The Labute approximate surface area is 129 Å². The van der Waals surface area contributed by atoms with E-state index in [1.165, 1.54) is 0 Å². The molecular formula is C17H17N5. The van der Waals surface area contributed by atoms with Crippen LogP contribution >= 0.6 is 0 Å². The lowest BCUT2D eigenvalue weighted by molar-refractivity contribution is 0.889. The molecule has 5 heteroatoms. The number of benzene rings is 1. The quantitative estimate of drug-likeness (QED) is 0.798. The smallest absolute Gasteiger partial charge is 0.163 e. The number of anilines is 1. The lowest BCUT2D eigenvalue weighted by Crippen LogP contribution is -2.10. The molecule has 1 aromatic carbocycles. The van der Waals surface area contributed by atoms with Crippen molar-refractivity contribution in [1.29, 1.82) is 0 Å². The number of rotatable bonds is 4. The standard InChI is InChI=1S/C17H17N5/c1-12(2)21-15-10-14(8-9-18-15)17-20-11-19-16(22-17)13-6-4-3-5-7-13/h3-12H,1-2H3,(H,18,21). The lowest BCUT2D eigenvalue weighted by atomic mass is 10.2. The Morgan fingerprint density at radius 2 is 1.59 bits per heavy atom. The van der Waals surface area contributed by atoms with Gasteiger partial charge in [0, 0.05) is 23.4 Å². The van der Waals surface area contributed by atoms with Gasteiger partial charge in [-0.05, 0) is 26.0 Å². The number of pyridine rings is 1. The van der Waals surface area contributed by atoms with Crippen molar-refractivity contribution in [3.8, 4) is 22.8 Å². The molecule has 0 bridgehead atoms. The summed E-state index contributed by atoms with van der Waals surface area (Å²) < 4.78 is 0. The molecule has 0 fully saturated rings. The summed E-state index contributed by atoms with van der Waals surface area (Å²) in [4.78, 5) is 17.4. The van der Waals surface area contributed by atoms with Gasteiger partial charge in [-0.1, -0.05) is 30.3 Å². The first kappa shape index (κ1) is 14.1. The van der Waals surface area contributed by atoms with Gasteiger partial charge in [0.05, 0.1) is 0 Å². The molecule has 2 heterocycles. The zero-order valence-corrected chi connectivity index (χ0v) is 12.6. The van der Waals surface area contributed by atoms with Crippen molar-refractivity contribution >= 4 is 5.82 Å². The molecule has 0 unspecified atom stereocenters. The third kappa shape index (κ3) is 3.25. The topological polar surface area (TPSA) is 63.6 Å². The molecule has 2 aromatic heterocycles. The summed E-state index contributed by atoms with van der Waals surface area (Å²) in [5.41, 5.74) is 1.89. The van der Waals surface area contributed by atoms with Crippen LogP contribution in [0.15, 0.2) is 55.0 Å². The van der Waals surface area contributed by atoms with Crippen molar-refractivity contribution in [3.05, 3.63) is 55.0 Å². The molecule has 22 heavy (non-hydrogen) atoms. The molecule has 0 atom stereocenters. The van der Waals surface area contributed by atoms with Gasteiger partial charge in [0.2, 0.25) is 0 Å². The molecule has 5 nitrogen and oxygen atoms in total. The van der Waals surface area contributed by atoms with Gasteiger partial charge in [-0.15, -0.1) is 0 Å². The Hall–Kier alpha value is -2.82. The van der Waals surface area contributed by atoms with Gasteiger partial charge < -0.3 is 5.32 Å². The Morgan fingerprint density at radius 1 is 0.864 bits per heavy atom. The highest BCUT2D eigenvalue weighted by molar-refractivity contribution is 5.62. The normalized spacial score (nSPS) is 10.7. The Kier molecular flexibility index (Phi) is 4.05. The van der Waals surface area contributed by atoms with Crippen LogP contribution in [0.3, 0.4) is 0 Å². The van der Waals surface area contributed by atoms with Crippen LogP contribution in [0, 0.1) is 0 Å². The van der Waals surface area contributed by atoms with E-state index in [0.29, 0.717) is 17.7 Å². The van der Waals surface area contributed by atoms with Gasteiger partial charge in [-0.3, -0.25) is 0 Å². The zero-order chi connectivity index (χ0) is 15.4. The van der Waals surface area contributed by atoms with E-state index < -0.39 is 0 Å². The molecule has 0 aliphatic heterocycles. The fourth-order valence-corrected chi connectivity index (χ4v) is 2.11. The molecule has 0 saturated carbocycles. The van der Waals surface area contributed by atoms with Gasteiger partial charge in [0.15, 0.2) is 11.6 Å². The van der Waals surface area contributed by atoms with Crippen molar-refractivity contribution in [2.75, 3.05) is 5.32 Å². The first-order valence-electron chi connectivity index (χ1n) is 7.20. The Morgan fingerprint density at radius 3 is 2.32 bits per heavy atom. The highest BCUT2D eigenvalue weighted by atomic mass is 15.0. The van der Waals surface area contributed by atoms with Crippen molar-refractivity contribution in [2.45, 2.75) is 19.9 Å². The van der Waals surface area contributed by atoms with Crippen LogP contribution in [-0.4, -0.2) is 26.0 Å². The van der Waals surface area contributed by atoms with Crippen LogP contribution in [0.5, 0.6) is 0 Å². The Bertz CT molecular complexity index is 756. The van der Waals surface area contributed by atoms with Gasteiger partial charge >= 0.3 is 0 Å². The van der Waals surface area contributed by atoms with Crippen molar-refractivity contribution in [3.63, 3.8) is 0 Å². The minimum atomic E-state index is 0.320. The van der Waals surface area contributed by atoms with E-state index in [1.54, 1.807) is 12.5 Å². The number of aromatic nitrogens is 4. The largest absolute Gasteiger partial charge is 0.368 e. The number of hydrogen-bond donors (Lipinski definition) is 1. The lowest BCUT2D eigenvalue weighted by Gasteiger charge is -2.10. The molecule has 1 N–H and O–H groups in total. The third-order valence-electron chi connectivity index (χ3n) is 3.06. The van der Waals surface area contributed by atoms with Crippen LogP contribution in [0.2, 0.25) is 0 Å². The molecule has 110 valence electrons. The summed E-state index contributed by atoms with van der Waals surface area (Å²) in [5.74, 6) is 2.12.